The molecular weight excluding hydrogens is 279 g/mol. The van der Waals surface area contributed by atoms with Gasteiger partial charge in [0.2, 0.25) is 0 Å². The minimum Gasteiger partial charge on any atom is -0.390 e. The van der Waals surface area contributed by atoms with Crippen LogP contribution in [0.1, 0.15) is 22.7 Å². The molecule has 0 aliphatic heterocycles. The topological polar surface area (TPSA) is 32.3 Å². The number of alkyl halides is 3. The van der Waals surface area contributed by atoms with Crippen molar-refractivity contribution < 1.29 is 18.3 Å². The van der Waals surface area contributed by atoms with Gasteiger partial charge in [0, 0.05) is 12.1 Å². The lowest BCUT2D eigenvalue weighted by Crippen LogP contribution is -2.21. The van der Waals surface area contributed by atoms with E-state index < -0.39 is 17.8 Å². The fraction of sp³-hybridized carbons (Fsp3) is 0.250. The number of rotatable bonds is 2. The van der Waals surface area contributed by atoms with Crippen LogP contribution in [0.2, 0.25) is 0 Å². The molecular formula is C16H14F3NO. The Kier molecular flexibility index (Phi) is 3.37. The molecule has 1 aliphatic rings. The minimum atomic E-state index is -4.37. The average molecular weight is 293 g/mol. The Labute approximate surface area is 120 Å². The number of nitrogens with one attached hydrogen (secondary N) is 1. The van der Waals surface area contributed by atoms with E-state index in [4.69, 9.17) is 0 Å². The van der Waals surface area contributed by atoms with Crippen molar-refractivity contribution in [3.8, 4) is 0 Å². The van der Waals surface area contributed by atoms with E-state index in [-0.39, 0.29) is 6.04 Å². The number of anilines is 1. The Balaban J connectivity index is 1.88. The molecule has 2 aromatic carbocycles. The number of aliphatic hydroxyl groups is 1. The fourth-order valence-corrected chi connectivity index (χ4v) is 2.71. The zero-order valence-electron chi connectivity index (χ0n) is 11.1. The van der Waals surface area contributed by atoms with E-state index in [1.165, 1.54) is 6.07 Å². The third kappa shape index (κ3) is 2.74. The number of benzene rings is 2. The van der Waals surface area contributed by atoms with Crippen molar-refractivity contribution in [2.75, 3.05) is 5.32 Å². The Bertz CT molecular complexity index is 654. The molecule has 5 heteroatoms. The molecule has 110 valence electrons. The average Bonchev–Trinajstić information content (AvgIpc) is 2.75. The van der Waals surface area contributed by atoms with Crippen molar-refractivity contribution in [2.45, 2.75) is 24.7 Å². The van der Waals surface area contributed by atoms with Gasteiger partial charge in [-0.3, -0.25) is 0 Å². The zero-order chi connectivity index (χ0) is 15.0. The first-order valence-corrected chi connectivity index (χ1v) is 6.65. The summed E-state index contributed by atoms with van der Waals surface area (Å²) in [5, 5.41) is 13.1. The molecule has 3 rings (SSSR count). The van der Waals surface area contributed by atoms with Gasteiger partial charge in [0.05, 0.1) is 17.7 Å². The van der Waals surface area contributed by atoms with E-state index in [1.807, 2.05) is 24.3 Å². The maximum absolute atomic E-state index is 12.7. The first-order chi connectivity index (χ1) is 9.95. The molecule has 0 amide bonds. The van der Waals surface area contributed by atoms with Crippen molar-refractivity contribution in [3.63, 3.8) is 0 Å². The van der Waals surface area contributed by atoms with Crippen LogP contribution in [0.3, 0.4) is 0 Å². The number of fused-ring (bicyclic) bond motifs is 1. The van der Waals surface area contributed by atoms with Gasteiger partial charge in [-0.1, -0.05) is 30.3 Å². The summed E-state index contributed by atoms with van der Waals surface area (Å²) in [6, 6.07) is 12.2. The highest BCUT2D eigenvalue weighted by Crippen LogP contribution is 2.36. The van der Waals surface area contributed by atoms with Crippen molar-refractivity contribution in [1.29, 1.82) is 0 Å². The molecule has 0 heterocycles. The van der Waals surface area contributed by atoms with Crippen molar-refractivity contribution >= 4 is 5.69 Å². The summed E-state index contributed by atoms with van der Waals surface area (Å²) in [5.74, 6) is 0. The Morgan fingerprint density at radius 1 is 1.05 bits per heavy atom. The Hall–Kier alpha value is -2.01. The van der Waals surface area contributed by atoms with E-state index in [0.29, 0.717) is 12.1 Å². The molecule has 0 saturated heterocycles. The molecule has 0 fully saturated rings. The predicted molar refractivity (Wildman–Crippen MR) is 74.0 cm³/mol. The second kappa shape index (κ2) is 5.07. The van der Waals surface area contributed by atoms with Gasteiger partial charge in [-0.2, -0.15) is 13.2 Å². The van der Waals surface area contributed by atoms with E-state index >= 15 is 0 Å². The van der Waals surface area contributed by atoms with Crippen LogP contribution in [0.5, 0.6) is 0 Å². The second-order valence-electron chi connectivity index (χ2n) is 5.17. The van der Waals surface area contributed by atoms with Gasteiger partial charge < -0.3 is 10.4 Å². The maximum atomic E-state index is 12.7. The van der Waals surface area contributed by atoms with Crippen LogP contribution in [0.4, 0.5) is 18.9 Å². The second-order valence-corrected chi connectivity index (χ2v) is 5.17. The summed E-state index contributed by atoms with van der Waals surface area (Å²) < 4.78 is 38.2. The van der Waals surface area contributed by atoms with Crippen LogP contribution in [-0.4, -0.2) is 11.2 Å². The summed E-state index contributed by atoms with van der Waals surface area (Å²) in [6.45, 7) is 0. The van der Waals surface area contributed by atoms with Crippen LogP contribution in [0, 0.1) is 0 Å². The Morgan fingerprint density at radius 3 is 2.57 bits per heavy atom. The molecule has 2 aromatic rings. The number of hydrogen-bond donors (Lipinski definition) is 2. The highest BCUT2D eigenvalue weighted by Gasteiger charge is 2.32. The SMILES string of the molecule is O[C@H]1Cc2ccccc2[C@H]1Nc1cccc(C(F)(F)F)c1. The van der Waals surface area contributed by atoms with E-state index in [2.05, 4.69) is 5.32 Å². The van der Waals surface area contributed by atoms with Gasteiger partial charge in [0.1, 0.15) is 0 Å². The molecule has 0 bridgehead atoms. The first kappa shape index (κ1) is 13.9. The van der Waals surface area contributed by atoms with Gasteiger partial charge in [-0.15, -0.1) is 0 Å². The summed E-state index contributed by atoms with van der Waals surface area (Å²) in [7, 11) is 0. The van der Waals surface area contributed by atoms with Gasteiger partial charge >= 0.3 is 6.18 Å². The lowest BCUT2D eigenvalue weighted by atomic mass is 10.1. The molecule has 2 N–H and O–H groups in total. The number of hydrogen-bond acceptors (Lipinski definition) is 2. The lowest BCUT2D eigenvalue weighted by Gasteiger charge is -2.20. The first-order valence-electron chi connectivity index (χ1n) is 6.65. The van der Waals surface area contributed by atoms with Crippen LogP contribution in [-0.2, 0) is 12.6 Å². The summed E-state index contributed by atoms with van der Waals surface area (Å²) >= 11 is 0. The molecule has 21 heavy (non-hydrogen) atoms. The lowest BCUT2D eigenvalue weighted by molar-refractivity contribution is -0.137. The smallest absolute Gasteiger partial charge is 0.390 e. The highest BCUT2D eigenvalue weighted by atomic mass is 19.4. The van der Waals surface area contributed by atoms with Crippen LogP contribution < -0.4 is 5.32 Å². The van der Waals surface area contributed by atoms with E-state index in [0.717, 1.165) is 23.3 Å². The molecule has 1 aliphatic carbocycles. The minimum absolute atomic E-state index is 0.352. The largest absolute Gasteiger partial charge is 0.416 e. The number of aliphatic hydroxyl groups excluding tert-OH is 1. The zero-order valence-corrected chi connectivity index (χ0v) is 11.1. The summed E-state index contributed by atoms with van der Waals surface area (Å²) in [5.41, 5.74) is 1.61. The quantitative estimate of drug-likeness (QED) is 0.883. The van der Waals surface area contributed by atoms with Crippen LogP contribution in [0.15, 0.2) is 48.5 Å². The normalized spacial score (nSPS) is 21.1. The fourth-order valence-electron chi connectivity index (χ4n) is 2.71. The molecule has 2 atom stereocenters. The number of halogens is 3. The molecule has 0 radical (unpaired) electrons. The third-order valence-electron chi connectivity index (χ3n) is 3.72. The van der Waals surface area contributed by atoms with Gasteiger partial charge in [0.25, 0.3) is 0 Å². The van der Waals surface area contributed by atoms with Gasteiger partial charge in [0.15, 0.2) is 0 Å². The van der Waals surface area contributed by atoms with Crippen molar-refractivity contribution in [1.82, 2.24) is 0 Å². The monoisotopic (exact) mass is 293 g/mol. The van der Waals surface area contributed by atoms with Crippen LogP contribution in [0.25, 0.3) is 0 Å². The standard InChI is InChI=1S/C16H14F3NO/c17-16(18,19)11-5-3-6-12(9-11)20-15-13-7-2-1-4-10(13)8-14(15)21/h1-7,9,14-15,20-21H,8H2/t14-,15+/m0/s1. The van der Waals surface area contributed by atoms with Crippen molar-refractivity contribution in [3.05, 3.63) is 65.2 Å². The van der Waals surface area contributed by atoms with E-state index in [9.17, 15) is 18.3 Å². The van der Waals surface area contributed by atoms with Crippen molar-refractivity contribution in [2.24, 2.45) is 0 Å². The third-order valence-corrected chi connectivity index (χ3v) is 3.72. The predicted octanol–water partition coefficient (Wildman–Crippen LogP) is 3.78. The van der Waals surface area contributed by atoms with Gasteiger partial charge in [-0.05, 0) is 29.3 Å². The maximum Gasteiger partial charge on any atom is 0.416 e. The Morgan fingerprint density at radius 2 is 1.81 bits per heavy atom. The molecule has 0 aromatic heterocycles. The van der Waals surface area contributed by atoms with Crippen LogP contribution >= 0.6 is 0 Å². The highest BCUT2D eigenvalue weighted by molar-refractivity contribution is 5.51. The van der Waals surface area contributed by atoms with Gasteiger partial charge in [-0.25, -0.2) is 0 Å². The molecule has 0 unspecified atom stereocenters. The molecule has 0 saturated carbocycles. The molecule has 2 nitrogen and oxygen atoms in total. The summed E-state index contributed by atoms with van der Waals surface area (Å²) in [4.78, 5) is 0. The molecule has 0 spiro atoms. The van der Waals surface area contributed by atoms with E-state index in [1.54, 1.807) is 6.07 Å². The summed E-state index contributed by atoms with van der Waals surface area (Å²) in [6.07, 6.45) is -4.51.